The number of ketones is 1. The first-order chi connectivity index (χ1) is 12.2. The summed E-state index contributed by atoms with van der Waals surface area (Å²) in [4.78, 5) is 23.3. The fraction of sp³-hybridized carbons (Fsp3) is 0.727. The van der Waals surface area contributed by atoms with Crippen molar-refractivity contribution in [3.63, 3.8) is 0 Å². The maximum atomic E-state index is 11.7. The molecule has 1 atom stereocenters. The van der Waals surface area contributed by atoms with Crippen LogP contribution >= 0.6 is 0 Å². The van der Waals surface area contributed by atoms with Crippen LogP contribution in [0.1, 0.15) is 88.0 Å². The number of amides is 1. The minimum Gasteiger partial charge on any atom is -0.449 e. The molecule has 0 rings (SSSR count). The minimum atomic E-state index is -0.422. The molecule has 0 aliphatic rings. The van der Waals surface area contributed by atoms with Gasteiger partial charge in [0.2, 0.25) is 0 Å². The van der Waals surface area contributed by atoms with E-state index in [1.165, 1.54) is 0 Å². The van der Waals surface area contributed by atoms with Gasteiger partial charge in [0.05, 0.1) is 6.61 Å². The Labute approximate surface area is 162 Å². The monoisotopic (exact) mass is 369 g/mol. The summed E-state index contributed by atoms with van der Waals surface area (Å²) in [5, 5.41) is 2.76. The van der Waals surface area contributed by atoms with Gasteiger partial charge in [-0.3, -0.25) is 4.79 Å². The average molecular weight is 370 g/mol. The first-order valence-electron chi connectivity index (χ1n) is 9.88. The molecule has 0 aliphatic heterocycles. The van der Waals surface area contributed by atoms with E-state index in [4.69, 9.17) is 4.74 Å². The van der Waals surface area contributed by atoms with Gasteiger partial charge in [0.15, 0.2) is 5.78 Å². The molecule has 0 aliphatic carbocycles. The van der Waals surface area contributed by atoms with Crippen molar-refractivity contribution in [1.82, 2.24) is 5.32 Å². The molecule has 0 fully saturated rings. The van der Waals surface area contributed by atoms with Crippen molar-refractivity contribution in [1.29, 1.82) is 0 Å². The van der Waals surface area contributed by atoms with Crippen molar-refractivity contribution in [3.05, 3.63) is 24.3 Å². The van der Waals surface area contributed by atoms with E-state index in [-0.39, 0.29) is 17.2 Å². The largest absolute Gasteiger partial charge is 0.449 e. The fourth-order valence-corrected chi connectivity index (χ4v) is 1.89. The number of alkyl carbamates (subject to hydrolysis) is 1. The molecule has 0 saturated heterocycles. The number of hydrogen-bond donors (Lipinski definition) is 1. The van der Waals surface area contributed by atoms with Crippen molar-refractivity contribution in [3.8, 4) is 0 Å². The smallest absolute Gasteiger partial charge is 0.407 e. The van der Waals surface area contributed by atoms with Crippen LogP contribution in [-0.4, -0.2) is 24.5 Å². The summed E-state index contributed by atoms with van der Waals surface area (Å²) in [6.07, 6.45) is 5.95. The second-order valence-electron chi connectivity index (χ2n) is 6.84. The van der Waals surface area contributed by atoms with Crippen LogP contribution in [-0.2, 0) is 9.53 Å². The van der Waals surface area contributed by atoms with Gasteiger partial charge in [-0.1, -0.05) is 53.2 Å². The first kappa shape index (κ1) is 29.2. The summed E-state index contributed by atoms with van der Waals surface area (Å²) in [7, 11) is 0. The van der Waals surface area contributed by atoms with Gasteiger partial charge in [-0.15, -0.1) is 6.58 Å². The number of allylic oxidation sites excluding steroid dienone is 3. The zero-order valence-electron chi connectivity index (χ0n) is 18.7. The highest BCUT2D eigenvalue weighted by Crippen LogP contribution is 2.22. The molecule has 4 nitrogen and oxygen atoms in total. The summed E-state index contributed by atoms with van der Waals surface area (Å²) < 4.78 is 5.26. The highest BCUT2D eigenvalue weighted by molar-refractivity contribution is 5.90. The molecule has 1 amide bonds. The molecule has 1 unspecified atom stereocenters. The zero-order chi connectivity index (χ0) is 21.2. The zero-order valence-corrected chi connectivity index (χ0v) is 18.7. The number of carbonyl (C=O) groups is 2. The lowest BCUT2D eigenvalue weighted by Gasteiger charge is -2.24. The Morgan fingerprint density at radius 2 is 1.69 bits per heavy atom. The minimum absolute atomic E-state index is 0.0613. The predicted molar refractivity (Wildman–Crippen MR) is 114 cm³/mol. The molecule has 0 aromatic heterocycles. The van der Waals surface area contributed by atoms with E-state index in [1.54, 1.807) is 6.08 Å². The Kier molecular flexibility index (Phi) is 20.5. The normalized spacial score (nSPS) is 10.8. The van der Waals surface area contributed by atoms with Gasteiger partial charge in [-0.25, -0.2) is 4.79 Å². The molecule has 0 spiro atoms. The Morgan fingerprint density at radius 1 is 1.15 bits per heavy atom. The van der Waals surface area contributed by atoms with Crippen LogP contribution in [0.3, 0.4) is 0 Å². The predicted octanol–water partition coefficient (Wildman–Crippen LogP) is 6.46. The van der Waals surface area contributed by atoms with Crippen molar-refractivity contribution < 1.29 is 14.3 Å². The number of hydrogen-bond acceptors (Lipinski definition) is 3. The van der Waals surface area contributed by atoms with Gasteiger partial charge < -0.3 is 10.1 Å². The third kappa shape index (κ3) is 20.5. The van der Waals surface area contributed by atoms with E-state index in [0.29, 0.717) is 19.4 Å². The van der Waals surface area contributed by atoms with Gasteiger partial charge in [-0.2, -0.15) is 0 Å². The number of rotatable bonds is 10. The van der Waals surface area contributed by atoms with Crippen LogP contribution in [0, 0.1) is 5.41 Å². The van der Waals surface area contributed by atoms with Gasteiger partial charge in [0.25, 0.3) is 0 Å². The van der Waals surface area contributed by atoms with Gasteiger partial charge in [0, 0.05) is 12.5 Å². The van der Waals surface area contributed by atoms with E-state index in [2.05, 4.69) is 25.7 Å². The summed E-state index contributed by atoms with van der Waals surface area (Å²) in [6.45, 7) is 21.9. The average Bonchev–Trinajstić information content (AvgIpc) is 2.59. The Bertz CT molecular complexity index is 408. The lowest BCUT2D eigenvalue weighted by molar-refractivity contribution is -0.114. The first-order valence-corrected chi connectivity index (χ1v) is 9.88. The second kappa shape index (κ2) is 18.2. The Balaban J connectivity index is -0.00000123. The highest BCUT2D eigenvalue weighted by Gasteiger charge is 2.20. The topological polar surface area (TPSA) is 55.4 Å². The molecule has 1 N–H and O–H groups in total. The third-order valence-electron chi connectivity index (χ3n) is 3.26. The van der Waals surface area contributed by atoms with Crippen molar-refractivity contribution in [2.45, 2.75) is 94.0 Å². The molecule has 26 heavy (non-hydrogen) atoms. The molecule has 0 aromatic rings. The molecule has 0 radical (unpaired) electrons. The highest BCUT2D eigenvalue weighted by atomic mass is 16.5. The van der Waals surface area contributed by atoms with Gasteiger partial charge >= 0.3 is 6.09 Å². The van der Waals surface area contributed by atoms with Crippen LogP contribution in [0.5, 0.6) is 0 Å². The third-order valence-corrected chi connectivity index (χ3v) is 3.26. The maximum absolute atomic E-state index is 11.7. The van der Waals surface area contributed by atoms with Crippen molar-refractivity contribution in [2.24, 2.45) is 5.41 Å². The molecule has 0 saturated carbocycles. The summed E-state index contributed by atoms with van der Waals surface area (Å²) >= 11 is 0. The van der Waals surface area contributed by atoms with Crippen LogP contribution in [0.25, 0.3) is 0 Å². The molecule has 0 aromatic carbocycles. The van der Waals surface area contributed by atoms with E-state index >= 15 is 0 Å². The van der Waals surface area contributed by atoms with Gasteiger partial charge in [-0.05, 0) is 51.5 Å². The molecule has 0 heterocycles. The van der Waals surface area contributed by atoms with Crippen LogP contribution in [0.15, 0.2) is 24.3 Å². The van der Waals surface area contributed by atoms with Crippen molar-refractivity contribution in [2.75, 3.05) is 6.61 Å². The van der Waals surface area contributed by atoms with E-state index in [1.807, 2.05) is 54.5 Å². The van der Waals surface area contributed by atoms with Crippen LogP contribution in [0.2, 0.25) is 0 Å². The Hall–Kier alpha value is -1.58. The molecule has 0 bridgehead atoms. The molecular formula is C22H43NO3. The van der Waals surface area contributed by atoms with Gasteiger partial charge in [0.1, 0.15) is 0 Å². The fourth-order valence-electron chi connectivity index (χ4n) is 1.89. The van der Waals surface area contributed by atoms with Crippen molar-refractivity contribution >= 4 is 11.9 Å². The standard InChI is InChI=1S/C18H31NO3.2C2H6/c1-7-8-11-18(5,6)13-22-17(21)19-15(4)9-10-16(20)12-14(2)3;2*1-2/h7,12,15H,1,8-11,13H2,2-6H3,(H,19,21);2*1-2H3. The molecular weight excluding hydrogens is 326 g/mol. The molecule has 154 valence electrons. The number of carbonyl (C=O) groups excluding carboxylic acids is 2. The SMILES string of the molecule is C=CCCC(C)(C)COC(=O)NC(C)CCC(=O)C=C(C)C.CC.CC. The maximum Gasteiger partial charge on any atom is 0.407 e. The molecule has 4 heteroatoms. The number of ether oxygens (including phenoxy) is 1. The lowest BCUT2D eigenvalue weighted by Crippen LogP contribution is -2.35. The lowest BCUT2D eigenvalue weighted by atomic mass is 9.89. The second-order valence-corrected chi connectivity index (χ2v) is 6.84. The van der Waals surface area contributed by atoms with Crippen LogP contribution in [0.4, 0.5) is 4.79 Å². The summed E-state index contributed by atoms with van der Waals surface area (Å²) in [6, 6.07) is -0.0849. The summed E-state index contributed by atoms with van der Waals surface area (Å²) in [5.74, 6) is 0.0903. The summed E-state index contributed by atoms with van der Waals surface area (Å²) in [5.41, 5.74) is 0.931. The van der Waals surface area contributed by atoms with Crippen LogP contribution < -0.4 is 5.32 Å². The van der Waals surface area contributed by atoms with E-state index in [0.717, 1.165) is 18.4 Å². The number of nitrogens with one attached hydrogen (secondary N) is 1. The quantitative estimate of drug-likeness (QED) is 0.355. The van der Waals surface area contributed by atoms with E-state index < -0.39 is 6.09 Å². The Morgan fingerprint density at radius 3 is 2.15 bits per heavy atom. The van der Waals surface area contributed by atoms with E-state index in [9.17, 15) is 9.59 Å².